The summed E-state index contributed by atoms with van der Waals surface area (Å²) in [5.74, 6) is 0. The standard InChI is InChI=1S/C38H68I2/c1-3-5-7-9-11-13-15-17-19-21-23-25-27-29-31-35-33-38(40)36(34-37(35)39)32-30-28-26-24-22-20-18-16-14-12-10-8-6-4-2/h33-34H,3-32H2,1-2H3. The van der Waals surface area contributed by atoms with Gasteiger partial charge >= 0.3 is 0 Å². The summed E-state index contributed by atoms with van der Waals surface area (Å²) in [6.45, 7) is 4.61. The Morgan fingerprint density at radius 2 is 0.525 bits per heavy atom. The zero-order valence-electron chi connectivity index (χ0n) is 27.1. The van der Waals surface area contributed by atoms with E-state index in [-0.39, 0.29) is 0 Å². The molecule has 1 aromatic rings. The third-order valence-electron chi connectivity index (χ3n) is 8.81. The van der Waals surface area contributed by atoms with Crippen LogP contribution in [0, 0.1) is 7.14 Å². The normalized spacial score (nSPS) is 11.5. The molecule has 0 N–H and O–H groups in total. The molecule has 0 aromatic heterocycles. The van der Waals surface area contributed by atoms with Gasteiger partial charge in [-0.25, -0.2) is 0 Å². The lowest BCUT2D eigenvalue weighted by molar-refractivity contribution is 0.535. The Bertz CT molecular complexity index is 610. The van der Waals surface area contributed by atoms with Crippen LogP contribution in [0.25, 0.3) is 0 Å². The highest BCUT2D eigenvalue weighted by atomic mass is 127. The largest absolute Gasteiger partial charge is 0.0654 e. The molecular formula is C38H68I2. The zero-order chi connectivity index (χ0) is 28.9. The van der Waals surface area contributed by atoms with E-state index >= 15 is 0 Å². The van der Waals surface area contributed by atoms with E-state index in [9.17, 15) is 0 Å². The van der Waals surface area contributed by atoms with Gasteiger partial charge in [-0.2, -0.15) is 0 Å². The molecule has 0 radical (unpaired) electrons. The van der Waals surface area contributed by atoms with Crippen molar-refractivity contribution >= 4 is 45.2 Å². The number of rotatable bonds is 30. The number of benzene rings is 1. The molecular weight excluding hydrogens is 710 g/mol. The summed E-state index contributed by atoms with van der Waals surface area (Å²) in [4.78, 5) is 0. The van der Waals surface area contributed by atoms with Crippen LogP contribution in [-0.4, -0.2) is 0 Å². The Morgan fingerprint density at radius 1 is 0.325 bits per heavy atom. The minimum Gasteiger partial charge on any atom is -0.0654 e. The van der Waals surface area contributed by atoms with Crippen LogP contribution in [0.4, 0.5) is 0 Å². The van der Waals surface area contributed by atoms with Gasteiger partial charge < -0.3 is 0 Å². The van der Waals surface area contributed by atoms with Crippen LogP contribution in [0.2, 0.25) is 0 Å². The monoisotopic (exact) mass is 778 g/mol. The van der Waals surface area contributed by atoms with Gasteiger partial charge in [0, 0.05) is 7.14 Å². The maximum absolute atomic E-state index is 2.60. The fourth-order valence-electron chi connectivity index (χ4n) is 6.03. The van der Waals surface area contributed by atoms with Gasteiger partial charge in [0.15, 0.2) is 0 Å². The van der Waals surface area contributed by atoms with Crippen molar-refractivity contribution in [2.24, 2.45) is 0 Å². The van der Waals surface area contributed by atoms with Crippen LogP contribution in [0.1, 0.15) is 205 Å². The van der Waals surface area contributed by atoms with Crippen LogP contribution in [-0.2, 0) is 12.8 Å². The summed E-state index contributed by atoms with van der Waals surface area (Å²) >= 11 is 5.20. The van der Waals surface area contributed by atoms with E-state index in [0.29, 0.717) is 0 Å². The molecule has 2 heteroatoms. The SMILES string of the molecule is CCCCCCCCCCCCCCCCc1cc(I)c(CCCCCCCCCCCCCCCC)cc1I. The molecule has 0 aliphatic heterocycles. The highest BCUT2D eigenvalue weighted by Crippen LogP contribution is 2.25. The predicted molar refractivity (Wildman–Crippen MR) is 200 cm³/mol. The molecule has 0 atom stereocenters. The Hall–Kier alpha value is 0.680. The van der Waals surface area contributed by atoms with E-state index in [0.717, 1.165) is 0 Å². The summed E-state index contributed by atoms with van der Waals surface area (Å²) in [6, 6.07) is 5.01. The predicted octanol–water partition coefficient (Wildman–Crippen LogP) is 14.9. The number of unbranched alkanes of at least 4 members (excludes halogenated alkanes) is 26. The van der Waals surface area contributed by atoms with Gasteiger partial charge in [0.2, 0.25) is 0 Å². The first kappa shape index (κ1) is 38.7. The molecule has 0 heterocycles. The molecule has 1 aromatic carbocycles. The summed E-state index contributed by atoms with van der Waals surface area (Å²) in [5, 5.41) is 0. The molecule has 0 aliphatic carbocycles. The van der Waals surface area contributed by atoms with Crippen molar-refractivity contribution in [2.75, 3.05) is 0 Å². The lowest BCUT2D eigenvalue weighted by Gasteiger charge is -2.11. The van der Waals surface area contributed by atoms with Gasteiger partial charge in [0.25, 0.3) is 0 Å². The van der Waals surface area contributed by atoms with E-state index in [1.165, 1.54) is 200 Å². The van der Waals surface area contributed by atoms with Gasteiger partial charge in [-0.15, -0.1) is 0 Å². The van der Waals surface area contributed by atoms with E-state index in [4.69, 9.17) is 0 Å². The molecule has 0 amide bonds. The first-order chi connectivity index (χ1) is 19.7. The lowest BCUT2D eigenvalue weighted by Crippen LogP contribution is -1.97. The Labute approximate surface area is 280 Å². The number of aryl methyl sites for hydroxylation is 2. The Morgan fingerprint density at radius 3 is 0.750 bits per heavy atom. The van der Waals surface area contributed by atoms with Crippen LogP contribution in [0.5, 0.6) is 0 Å². The van der Waals surface area contributed by atoms with Crippen molar-refractivity contribution in [3.8, 4) is 0 Å². The van der Waals surface area contributed by atoms with Gasteiger partial charge in [-0.3, -0.25) is 0 Å². The fraction of sp³-hybridized carbons (Fsp3) is 0.842. The lowest BCUT2D eigenvalue weighted by atomic mass is 10.0. The molecule has 0 spiro atoms. The van der Waals surface area contributed by atoms with Crippen LogP contribution in [0.3, 0.4) is 0 Å². The first-order valence-electron chi connectivity index (χ1n) is 18.2. The topological polar surface area (TPSA) is 0 Å². The van der Waals surface area contributed by atoms with Crippen molar-refractivity contribution < 1.29 is 0 Å². The smallest absolute Gasteiger partial charge is 0.0165 e. The average Bonchev–Trinajstić information content (AvgIpc) is 2.95. The molecule has 0 saturated carbocycles. The summed E-state index contributed by atoms with van der Waals surface area (Å²) in [6.07, 6.45) is 42.9. The van der Waals surface area contributed by atoms with Crippen LogP contribution >= 0.6 is 45.2 Å². The second-order valence-electron chi connectivity index (χ2n) is 12.7. The second kappa shape index (κ2) is 29.7. The molecule has 1 rings (SSSR count). The molecule has 0 fully saturated rings. The highest BCUT2D eigenvalue weighted by molar-refractivity contribution is 14.1. The van der Waals surface area contributed by atoms with Crippen molar-refractivity contribution in [3.05, 3.63) is 30.4 Å². The second-order valence-corrected chi connectivity index (χ2v) is 15.1. The minimum absolute atomic E-state index is 1.27. The van der Waals surface area contributed by atoms with Gasteiger partial charge in [0.1, 0.15) is 0 Å². The maximum atomic E-state index is 2.60. The molecule has 0 nitrogen and oxygen atoms in total. The van der Waals surface area contributed by atoms with E-state index in [1.807, 2.05) is 0 Å². The van der Waals surface area contributed by atoms with Gasteiger partial charge in [-0.1, -0.05) is 181 Å². The Kier molecular flexibility index (Phi) is 28.8. The molecule has 234 valence electrons. The summed E-state index contributed by atoms with van der Waals surface area (Å²) in [7, 11) is 0. The third kappa shape index (κ3) is 23.2. The summed E-state index contributed by atoms with van der Waals surface area (Å²) in [5.41, 5.74) is 3.18. The highest BCUT2D eigenvalue weighted by Gasteiger charge is 2.07. The quantitative estimate of drug-likeness (QED) is 0.0539. The minimum atomic E-state index is 1.27. The van der Waals surface area contributed by atoms with Crippen molar-refractivity contribution in [1.29, 1.82) is 0 Å². The van der Waals surface area contributed by atoms with Crippen LogP contribution in [0.15, 0.2) is 12.1 Å². The third-order valence-corrected chi connectivity index (χ3v) is 10.8. The van der Waals surface area contributed by atoms with Crippen molar-refractivity contribution in [3.63, 3.8) is 0 Å². The van der Waals surface area contributed by atoms with E-state index in [1.54, 1.807) is 11.1 Å². The molecule has 0 bridgehead atoms. The van der Waals surface area contributed by atoms with Crippen molar-refractivity contribution in [1.82, 2.24) is 0 Å². The fourth-order valence-corrected chi connectivity index (χ4v) is 7.63. The Balaban J connectivity index is 1.99. The van der Waals surface area contributed by atoms with E-state index in [2.05, 4.69) is 71.2 Å². The van der Waals surface area contributed by atoms with Crippen molar-refractivity contribution in [2.45, 2.75) is 206 Å². The van der Waals surface area contributed by atoms with Gasteiger partial charge in [-0.05, 0) is 94.1 Å². The number of halogens is 2. The number of hydrogen-bond acceptors (Lipinski definition) is 0. The van der Waals surface area contributed by atoms with E-state index < -0.39 is 0 Å². The summed E-state index contributed by atoms with van der Waals surface area (Å²) < 4.78 is 3.01. The zero-order valence-corrected chi connectivity index (χ0v) is 31.4. The molecule has 0 saturated heterocycles. The number of hydrogen-bond donors (Lipinski definition) is 0. The average molecular weight is 779 g/mol. The van der Waals surface area contributed by atoms with Gasteiger partial charge in [0.05, 0.1) is 0 Å². The van der Waals surface area contributed by atoms with Crippen LogP contribution < -0.4 is 0 Å². The molecule has 40 heavy (non-hydrogen) atoms. The first-order valence-corrected chi connectivity index (χ1v) is 20.3. The maximum Gasteiger partial charge on any atom is 0.0165 e. The molecule has 0 aliphatic rings. The molecule has 0 unspecified atom stereocenters.